The van der Waals surface area contributed by atoms with Gasteiger partial charge in [-0.05, 0) is 42.0 Å². The topological polar surface area (TPSA) is 42.2 Å². The molecule has 210 valence electrons. The molecular formula is C32H18F6NO2S+. The third-order valence-electron chi connectivity index (χ3n) is 6.82. The van der Waals surface area contributed by atoms with Gasteiger partial charge in [-0.3, -0.25) is 4.79 Å². The van der Waals surface area contributed by atoms with E-state index in [9.17, 15) is 36.2 Å². The van der Waals surface area contributed by atoms with Gasteiger partial charge in [0.05, 0.1) is 27.3 Å². The number of hydrogen-bond acceptors (Lipinski definition) is 2. The highest BCUT2D eigenvalue weighted by Crippen LogP contribution is 2.36. The predicted molar refractivity (Wildman–Crippen MR) is 148 cm³/mol. The van der Waals surface area contributed by atoms with Gasteiger partial charge >= 0.3 is 0 Å². The van der Waals surface area contributed by atoms with Crippen LogP contribution in [0.1, 0.15) is 5.56 Å². The predicted octanol–water partition coefficient (Wildman–Crippen LogP) is 7.84. The first-order valence-electron chi connectivity index (χ1n) is 12.5. The number of fused-ring (bicyclic) bond motifs is 2. The Morgan fingerprint density at radius 3 is 1.76 bits per heavy atom. The number of phenolic OH excluding ortho intramolecular Hbond substituents is 1. The molecule has 0 aliphatic rings. The summed E-state index contributed by atoms with van der Waals surface area (Å²) in [6.45, 7) is 0.263. The number of halogens is 6. The van der Waals surface area contributed by atoms with E-state index in [0.717, 1.165) is 5.56 Å². The summed E-state index contributed by atoms with van der Waals surface area (Å²) in [7, 11) is -1.69. The third kappa shape index (κ3) is 4.77. The molecule has 0 spiro atoms. The van der Waals surface area contributed by atoms with E-state index in [1.54, 1.807) is 48.5 Å². The summed E-state index contributed by atoms with van der Waals surface area (Å²) in [5.74, 6) is -9.48. The molecule has 42 heavy (non-hydrogen) atoms. The SMILES string of the molecule is O=c1c2ccccc2n(Cc2cccc(O)c2)c2ccc([S+](c3cc(F)c(F)c(F)c3)c3cc(F)c(F)c(F)c3)cc12. The van der Waals surface area contributed by atoms with Gasteiger partial charge < -0.3 is 9.67 Å². The van der Waals surface area contributed by atoms with Crippen molar-refractivity contribution in [2.45, 2.75) is 21.2 Å². The number of aromatic nitrogens is 1. The molecule has 6 rings (SSSR count). The van der Waals surface area contributed by atoms with Gasteiger partial charge in [0, 0.05) is 42.3 Å². The molecule has 1 aromatic heterocycles. The van der Waals surface area contributed by atoms with E-state index in [1.165, 1.54) is 18.2 Å². The van der Waals surface area contributed by atoms with E-state index in [0.29, 0.717) is 40.7 Å². The first-order valence-corrected chi connectivity index (χ1v) is 13.7. The molecule has 5 aromatic carbocycles. The minimum atomic E-state index is -1.72. The van der Waals surface area contributed by atoms with Crippen LogP contribution in [0.2, 0.25) is 0 Å². The molecule has 0 atom stereocenters. The molecule has 0 aliphatic heterocycles. The molecular weight excluding hydrogens is 576 g/mol. The van der Waals surface area contributed by atoms with Gasteiger partial charge in [0.1, 0.15) is 5.75 Å². The fraction of sp³-hybridized carbons (Fsp3) is 0.0312. The maximum Gasteiger partial charge on any atom is 0.197 e. The Kier molecular flexibility index (Phi) is 6.94. The number of rotatable bonds is 5. The standard InChI is InChI=1S/C32H17F6NO2S/c33-24-12-20(13-25(34)30(24)37)42(21-14-26(35)31(38)27(36)15-21)19-8-9-29-23(11-19)32(41)22-6-1-2-7-28(22)39(29)16-17-4-3-5-18(40)10-17/h1-15H,16H2/p+1. The van der Waals surface area contributed by atoms with E-state index in [1.807, 2.05) is 4.57 Å². The third-order valence-corrected chi connectivity index (χ3v) is 8.96. The van der Waals surface area contributed by atoms with Crippen molar-refractivity contribution in [3.8, 4) is 5.75 Å². The van der Waals surface area contributed by atoms with E-state index < -0.39 is 45.8 Å². The molecule has 0 radical (unpaired) electrons. The first kappa shape index (κ1) is 27.5. The quantitative estimate of drug-likeness (QED) is 0.0957. The average Bonchev–Trinajstić information content (AvgIpc) is 2.97. The largest absolute Gasteiger partial charge is 0.508 e. The summed E-state index contributed by atoms with van der Waals surface area (Å²) < 4.78 is 86.9. The van der Waals surface area contributed by atoms with Gasteiger partial charge in [0.2, 0.25) is 0 Å². The molecule has 0 saturated carbocycles. The molecule has 0 saturated heterocycles. The Hall–Kier alpha value is -4.70. The highest BCUT2D eigenvalue weighted by atomic mass is 32.2. The maximum absolute atomic E-state index is 14.3. The minimum Gasteiger partial charge on any atom is -0.508 e. The molecule has 10 heteroatoms. The van der Waals surface area contributed by atoms with E-state index in [-0.39, 0.29) is 37.8 Å². The van der Waals surface area contributed by atoms with Crippen molar-refractivity contribution >= 4 is 32.7 Å². The second kappa shape index (κ2) is 10.6. The van der Waals surface area contributed by atoms with Crippen LogP contribution in [-0.4, -0.2) is 9.67 Å². The van der Waals surface area contributed by atoms with Crippen LogP contribution in [0, 0.1) is 34.9 Å². The lowest BCUT2D eigenvalue weighted by Crippen LogP contribution is -2.14. The monoisotopic (exact) mass is 594 g/mol. The first-order chi connectivity index (χ1) is 20.1. The number of pyridine rings is 1. The summed E-state index contributed by atoms with van der Waals surface area (Å²) in [5, 5.41) is 10.5. The summed E-state index contributed by atoms with van der Waals surface area (Å²) in [6, 6.07) is 20.8. The number of aromatic hydroxyl groups is 1. The lowest BCUT2D eigenvalue weighted by molar-refractivity contribution is 0.442. The van der Waals surface area contributed by atoms with Gasteiger partial charge in [-0.15, -0.1) is 0 Å². The molecule has 0 amide bonds. The molecule has 0 unspecified atom stereocenters. The minimum absolute atomic E-state index is 0.0611. The van der Waals surface area contributed by atoms with E-state index >= 15 is 0 Å². The van der Waals surface area contributed by atoms with E-state index in [4.69, 9.17) is 0 Å². The second-order valence-corrected chi connectivity index (χ2v) is 11.5. The summed E-state index contributed by atoms with van der Waals surface area (Å²) >= 11 is 0. The molecule has 0 fully saturated rings. The van der Waals surface area contributed by atoms with Crippen LogP contribution < -0.4 is 5.43 Å². The fourth-order valence-corrected chi connectivity index (χ4v) is 7.09. The van der Waals surface area contributed by atoms with Crippen molar-refractivity contribution in [2.24, 2.45) is 0 Å². The Bertz CT molecular complexity index is 1990. The Morgan fingerprint density at radius 1 is 0.595 bits per heavy atom. The van der Waals surface area contributed by atoms with E-state index in [2.05, 4.69) is 0 Å². The zero-order chi connectivity index (χ0) is 29.7. The van der Waals surface area contributed by atoms with Gasteiger partial charge in [-0.25, -0.2) is 26.3 Å². The normalized spacial score (nSPS) is 11.6. The summed E-state index contributed by atoms with van der Waals surface area (Å²) in [5.41, 5.74) is 1.45. The van der Waals surface area contributed by atoms with Gasteiger partial charge in [0.15, 0.2) is 55.0 Å². The second-order valence-electron chi connectivity index (χ2n) is 9.49. The molecule has 0 bridgehead atoms. The van der Waals surface area contributed by atoms with Crippen LogP contribution in [-0.2, 0) is 17.4 Å². The fourth-order valence-electron chi connectivity index (χ4n) is 4.95. The highest BCUT2D eigenvalue weighted by molar-refractivity contribution is 7.97. The number of hydrogen-bond donors (Lipinski definition) is 1. The van der Waals surface area contributed by atoms with Crippen molar-refractivity contribution in [1.29, 1.82) is 0 Å². The molecule has 1 N–H and O–H groups in total. The molecule has 1 heterocycles. The maximum atomic E-state index is 14.3. The van der Waals surface area contributed by atoms with Crippen LogP contribution in [0.4, 0.5) is 26.3 Å². The van der Waals surface area contributed by atoms with Crippen molar-refractivity contribution in [3.05, 3.63) is 142 Å². The lowest BCUT2D eigenvalue weighted by Gasteiger charge is -2.16. The van der Waals surface area contributed by atoms with Crippen LogP contribution >= 0.6 is 0 Å². The number of nitrogens with zero attached hydrogens (tertiary/aromatic N) is 1. The molecule has 3 nitrogen and oxygen atoms in total. The Labute approximate surface area is 237 Å². The van der Waals surface area contributed by atoms with Crippen molar-refractivity contribution < 1.29 is 31.4 Å². The van der Waals surface area contributed by atoms with Crippen molar-refractivity contribution in [3.63, 3.8) is 0 Å². The number of benzene rings is 5. The Morgan fingerprint density at radius 2 is 1.17 bits per heavy atom. The average molecular weight is 595 g/mol. The smallest absolute Gasteiger partial charge is 0.197 e. The Balaban J connectivity index is 1.63. The summed E-state index contributed by atoms with van der Waals surface area (Å²) in [4.78, 5) is 13.6. The summed E-state index contributed by atoms with van der Waals surface area (Å²) in [6.07, 6.45) is 0. The highest BCUT2D eigenvalue weighted by Gasteiger charge is 2.34. The molecule has 6 aromatic rings. The van der Waals surface area contributed by atoms with Crippen LogP contribution in [0.25, 0.3) is 21.8 Å². The zero-order valence-electron chi connectivity index (χ0n) is 21.3. The van der Waals surface area contributed by atoms with Gasteiger partial charge in [-0.2, -0.15) is 0 Å². The van der Waals surface area contributed by atoms with Gasteiger partial charge in [-0.1, -0.05) is 24.3 Å². The zero-order valence-corrected chi connectivity index (χ0v) is 22.2. The van der Waals surface area contributed by atoms with Crippen LogP contribution in [0.15, 0.2) is 110 Å². The van der Waals surface area contributed by atoms with Crippen molar-refractivity contribution in [1.82, 2.24) is 4.57 Å². The number of phenols is 1. The molecule has 0 aliphatic carbocycles. The number of para-hydroxylation sites is 1. The van der Waals surface area contributed by atoms with Crippen LogP contribution in [0.5, 0.6) is 5.75 Å². The van der Waals surface area contributed by atoms with Gasteiger partial charge in [0.25, 0.3) is 0 Å². The lowest BCUT2D eigenvalue weighted by atomic mass is 10.1. The van der Waals surface area contributed by atoms with Crippen LogP contribution in [0.3, 0.4) is 0 Å². The van der Waals surface area contributed by atoms with Crippen molar-refractivity contribution in [2.75, 3.05) is 0 Å².